The van der Waals surface area contributed by atoms with Gasteiger partial charge in [-0.3, -0.25) is 0 Å². The van der Waals surface area contributed by atoms with Gasteiger partial charge in [-0.15, -0.1) is 0 Å². The zero-order valence-electron chi connectivity index (χ0n) is 24.6. The van der Waals surface area contributed by atoms with Crippen LogP contribution in [0.25, 0.3) is 0 Å². The number of hydrogen-bond acceptors (Lipinski definition) is 3. The summed E-state index contributed by atoms with van der Waals surface area (Å²) >= 11 is 0. The monoisotopic (exact) mass is 556 g/mol. The number of rotatable bonds is 11. The Morgan fingerprint density at radius 3 is 1.90 bits per heavy atom. The van der Waals surface area contributed by atoms with Crippen molar-refractivity contribution in [3.63, 3.8) is 0 Å². The van der Waals surface area contributed by atoms with Gasteiger partial charge in [0.2, 0.25) is 0 Å². The van der Waals surface area contributed by atoms with Gasteiger partial charge in [-0.1, -0.05) is 138 Å². The summed E-state index contributed by atoms with van der Waals surface area (Å²) in [4.78, 5) is 13.4. The number of benzene rings is 3. The number of hydrogen-bond donors (Lipinski definition) is 1. The fourth-order valence-electron chi connectivity index (χ4n) is 6.61. The number of carboxylic acids is 1. The van der Waals surface area contributed by atoms with Gasteiger partial charge in [0.1, 0.15) is 0 Å². The lowest BCUT2D eigenvalue weighted by Crippen LogP contribution is -2.68. The highest BCUT2D eigenvalue weighted by Crippen LogP contribution is 2.49. The first kappa shape index (κ1) is 30.0. The third kappa shape index (κ3) is 5.60. The van der Waals surface area contributed by atoms with Crippen molar-refractivity contribution >= 4 is 24.7 Å². The molecule has 1 N–H and O–H groups in total. The molecule has 0 spiro atoms. The van der Waals surface area contributed by atoms with E-state index in [1.807, 2.05) is 56.3 Å². The molecule has 0 fully saturated rings. The van der Waals surface area contributed by atoms with Crippen LogP contribution in [0, 0.1) is 11.3 Å². The number of aliphatic carboxylic acids is 1. The van der Waals surface area contributed by atoms with Crippen molar-refractivity contribution in [2.45, 2.75) is 71.1 Å². The summed E-state index contributed by atoms with van der Waals surface area (Å²) in [5, 5.41) is 13.2. The number of carboxylic acid groups (broad SMARTS) is 1. The zero-order chi connectivity index (χ0) is 28.9. The van der Waals surface area contributed by atoms with E-state index >= 15 is 0 Å². The SMILES string of the molecule is C[C@@H](CO[Si](c1ccccc1)(c1ccccc1)C(C)(C)C)[C@@](OCc1ccccc1)(C(=O)O)[C@@]1(C)C=CCCC1. The van der Waals surface area contributed by atoms with Crippen LogP contribution in [-0.2, 0) is 20.6 Å². The molecule has 0 bridgehead atoms. The minimum absolute atomic E-state index is 0.207. The Kier molecular flexibility index (Phi) is 9.18. The average Bonchev–Trinajstić information content (AvgIpc) is 2.95. The minimum Gasteiger partial charge on any atom is -0.479 e. The third-order valence-corrected chi connectivity index (χ3v) is 13.7. The molecule has 3 aromatic carbocycles. The molecule has 0 aromatic heterocycles. The summed E-state index contributed by atoms with van der Waals surface area (Å²) in [7, 11) is -2.85. The first-order chi connectivity index (χ1) is 19.1. The zero-order valence-corrected chi connectivity index (χ0v) is 25.6. The Bertz CT molecular complexity index is 1230. The van der Waals surface area contributed by atoms with Gasteiger partial charge in [-0.2, -0.15) is 0 Å². The quantitative estimate of drug-likeness (QED) is 0.204. The van der Waals surface area contributed by atoms with Crippen LogP contribution in [0.15, 0.2) is 103 Å². The lowest BCUT2D eigenvalue weighted by Gasteiger charge is -2.50. The molecule has 5 heteroatoms. The molecule has 3 aromatic rings. The molecule has 40 heavy (non-hydrogen) atoms. The second kappa shape index (κ2) is 12.3. The van der Waals surface area contributed by atoms with Crippen LogP contribution in [0.4, 0.5) is 0 Å². The van der Waals surface area contributed by atoms with Crippen LogP contribution in [-0.4, -0.2) is 31.6 Å². The maximum absolute atomic E-state index is 13.4. The van der Waals surface area contributed by atoms with Crippen LogP contribution in [0.1, 0.15) is 59.4 Å². The molecule has 0 saturated heterocycles. The third-order valence-electron chi connectivity index (χ3n) is 8.69. The van der Waals surface area contributed by atoms with Crippen molar-refractivity contribution in [3.05, 3.63) is 109 Å². The maximum Gasteiger partial charge on any atom is 0.337 e. The smallest absolute Gasteiger partial charge is 0.337 e. The second-order valence-electron chi connectivity index (χ2n) is 12.4. The van der Waals surface area contributed by atoms with Crippen molar-refractivity contribution < 1.29 is 19.1 Å². The van der Waals surface area contributed by atoms with Crippen LogP contribution in [0.3, 0.4) is 0 Å². The van der Waals surface area contributed by atoms with E-state index < -0.39 is 31.2 Å². The Hall–Kier alpha value is -2.99. The van der Waals surface area contributed by atoms with Gasteiger partial charge >= 0.3 is 5.97 Å². The van der Waals surface area contributed by atoms with E-state index in [1.54, 1.807) is 0 Å². The van der Waals surface area contributed by atoms with Crippen LogP contribution >= 0.6 is 0 Å². The summed E-state index contributed by atoms with van der Waals surface area (Å²) in [6, 6.07) is 30.8. The van der Waals surface area contributed by atoms with Crippen molar-refractivity contribution in [2.24, 2.45) is 11.3 Å². The van der Waals surface area contributed by atoms with Gasteiger partial charge in [0.05, 0.1) is 6.61 Å². The standard InChI is InChI=1S/C35H44O4Si/c1-28(26-39-40(33(2,3)4,30-20-12-7-13-21-30)31-22-14-8-15-23-31)35(32(36)37,34(5)24-16-9-17-25-34)38-27-29-18-10-6-11-19-29/h6-8,10-16,18-24,28H,9,17,25-27H2,1-5H3,(H,36,37)/t28-,34-,35+/m0/s1. The van der Waals surface area contributed by atoms with E-state index in [2.05, 4.69) is 81.5 Å². The molecule has 0 saturated carbocycles. The lowest BCUT2D eigenvalue weighted by atomic mass is 9.63. The number of allylic oxidation sites excluding steroid dienone is 1. The molecule has 1 aliphatic rings. The second-order valence-corrected chi connectivity index (χ2v) is 16.7. The predicted octanol–water partition coefficient (Wildman–Crippen LogP) is 6.99. The van der Waals surface area contributed by atoms with Crippen molar-refractivity contribution in [1.29, 1.82) is 0 Å². The molecule has 0 radical (unpaired) electrons. The molecule has 212 valence electrons. The van der Waals surface area contributed by atoms with Crippen molar-refractivity contribution in [2.75, 3.05) is 6.61 Å². The van der Waals surface area contributed by atoms with E-state index in [0.717, 1.165) is 24.8 Å². The number of carbonyl (C=O) groups is 1. The van der Waals surface area contributed by atoms with Gasteiger partial charge in [-0.25, -0.2) is 4.79 Å². The van der Waals surface area contributed by atoms with E-state index in [1.165, 1.54) is 10.4 Å². The van der Waals surface area contributed by atoms with Crippen molar-refractivity contribution in [1.82, 2.24) is 0 Å². The molecule has 0 aliphatic heterocycles. The van der Waals surface area contributed by atoms with Gasteiger partial charge in [0.25, 0.3) is 8.32 Å². The molecular formula is C35H44O4Si. The fraction of sp³-hybridized carbons (Fsp3) is 0.400. The number of ether oxygens (including phenoxy) is 1. The highest BCUT2D eigenvalue weighted by molar-refractivity contribution is 6.99. The van der Waals surface area contributed by atoms with Gasteiger partial charge in [-0.05, 0) is 40.2 Å². The van der Waals surface area contributed by atoms with Gasteiger partial charge in [0.15, 0.2) is 5.60 Å². The first-order valence-electron chi connectivity index (χ1n) is 14.4. The molecule has 0 heterocycles. The largest absolute Gasteiger partial charge is 0.479 e. The fourth-order valence-corrected chi connectivity index (χ4v) is 11.3. The van der Waals surface area contributed by atoms with E-state index in [9.17, 15) is 9.90 Å². The lowest BCUT2D eigenvalue weighted by molar-refractivity contribution is -0.201. The summed E-state index contributed by atoms with van der Waals surface area (Å²) in [6.45, 7) is 11.2. The van der Waals surface area contributed by atoms with Crippen LogP contribution in [0.2, 0.25) is 5.04 Å². The first-order valence-corrected chi connectivity index (χ1v) is 16.3. The predicted molar refractivity (Wildman–Crippen MR) is 165 cm³/mol. The topological polar surface area (TPSA) is 55.8 Å². The summed E-state index contributed by atoms with van der Waals surface area (Å²) in [5.41, 5.74) is -1.19. The maximum atomic E-state index is 13.4. The van der Waals surface area contributed by atoms with E-state index in [0.29, 0.717) is 0 Å². The molecule has 4 nitrogen and oxygen atoms in total. The van der Waals surface area contributed by atoms with Gasteiger partial charge in [0, 0.05) is 17.9 Å². The summed E-state index contributed by atoms with van der Waals surface area (Å²) in [6.07, 6.45) is 6.82. The van der Waals surface area contributed by atoms with E-state index in [-0.39, 0.29) is 18.3 Å². The molecular weight excluding hydrogens is 512 g/mol. The highest BCUT2D eigenvalue weighted by atomic mass is 28.4. The Balaban J connectivity index is 1.79. The molecule has 0 unspecified atom stereocenters. The average molecular weight is 557 g/mol. The normalized spacial score (nSPS) is 20.0. The minimum atomic E-state index is -2.85. The van der Waals surface area contributed by atoms with Crippen molar-refractivity contribution in [3.8, 4) is 0 Å². The molecule has 4 rings (SSSR count). The summed E-state index contributed by atoms with van der Waals surface area (Å²) in [5.74, 6) is -1.36. The van der Waals surface area contributed by atoms with Crippen LogP contribution in [0.5, 0.6) is 0 Å². The highest BCUT2D eigenvalue weighted by Gasteiger charge is 2.59. The Morgan fingerprint density at radius 2 is 1.45 bits per heavy atom. The van der Waals surface area contributed by atoms with E-state index in [4.69, 9.17) is 9.16 Å². The molecule has 0 amide bonds. The molecule has 3 atom stereocenters. The summed E-state index contributed by atoms with van der Waals surface area (Å²) < 4.78 is 13.9. The Morgan fingerprint density at radius 1 is 0.925 bits per heavy atom. The Labute approximate surface area is 241 Å². The molecule has 1 aliphatic carbocycles. The van der Waals surface area contributed by atoms with Gasteiger partial charge < -0.3 is 14.3 Å². The van der Waals surface area contributed by atoms with Crippen LogP contribution < -0.4 is 10.4 Å².